The highest BCUT2D eigenvalue weighted by Crippen LogP contribution is 2.04. The van der Waals surface area contributed by atoms with Crippen molar-refractivity contribution in [2.24, 2.45) is 0 Å². The summed E-state index contributed by atoms with van der Waals surface area (Å²) >= 11 is 1.80. The predicted molar refractivity (Wildman–Crippen MR) is 80.7 cm³/mol. The molecule has 0 spiro atoms. The maximum atomic E-state index is 11.9. The zero-order valence-electron chi connectivity index (χ0n) is 11.8. The molecule has 6 heteroatoms. The van der Waals surface area contributed by atoms with Crippen molar-refractivity contribution in [2.45, 2.75) is 33.2 Å². The largest absolute Gasteiger partial charge is 0.369 e. The summed E-state index contributed by atoms with van der Waals surface area (Å²) < 4.78 is 0. The summed E-state index contributed by atoms with van der Waals surface area (Å²) in [6.45, 7) is 7.03. The second kappa shape index (κ2) is 8.74. The van der Waals surface area contributed by atoms with E-state index in [1.807, 2.05) is 6.92 Å². The number of rotatable bonds is 8. The van der Waals surface area contributed by atoms with Gasteiger partial charge in [0.15, 0.2) is 0 Å². The minimum Gasteiger partial charge on any atom is -0.369 e. The van der Waals surface area contributed by atoms with Crippen molar-refractivity contribution < 1.29 is 4.79 Å². The molecule has 0 saturated carbocycles. The molecular weight excluding hydrogens is 260 g/mol. The smallest absolute Gasteiger partial charge is 0.271 e. The third-order valence-electron chi connectivity index (χ3n) is 2.39. The van der Waals surface area contributed by atoms with Crippen LogP contribution in [0.25, 0.3) is 0 Å². The molecule has 1 aromatic rings. The molecule has 0 bridgehead atoms. The number of hydrogen-bond acceptors (Lipinski definition) is 5. The van der Waals surface area contributed by atoms with Crippen molar-refractivity contribution in [3.8, 4) is 0 Å². The van der Waals surface area contributed by atoms with Crippen LogP contribution in [0, 0.1) is 0 Å². The lowest BCUT2D eigenvalue weighted by molar-refractivity contribution is 0.0938. The van der Waals surface area contributed by atoms with Crippen molar-refractivity contribution >= 4 is 23.5 Å². The van der Waals surface area contributed by atoms with Gasteiger partial charge in [-0.15, -0.1) is 0 Å². The van der Waals surface area contributed by atoms with E-state index in [1.54, 1.807) is 18.0 Å². The molecule has 0 saturated heterocycles. The van der Waals surface area contributed by atoms with E-state index in [0.29, 0.717) is 11.5 Å². The number of amides is 1. The van der Waals surface area contributed by atoms with Crippen molar-refractivity contribution in [1.29, 1.82) is 0 Å². The van der Waals surface area contributed by atoms with Crippen molar-refractivity contribution in [1.82, 2.24) is 15.3 Å². The molecule has 1 atom stereocenters. The van der Waals surface area contributed by atoms with Gasteiger partial charge >= 0.3 is 0 Å². The van der Waals surface area contributed by atoms with Crippen LogP contribution in [-0.4, -0.2) is 40.0 Å². The zero-order chi connectivity index (χ0) is 14.1. The molecule has 106 valence electrons. The number of aromatic nitrogens is 2. The standard InChI is InChI=1S/C13H22N4OS/c1-4-6-14-12-8-15-11(7-16-12)13(18)17-10(3)9-19-5-2/h7-8,10H,4-6,9H2,1-3H3,(H,14,16)(H,17,18). The third kappa shape index (κ3) is 5.92. The molecule has 0 aliphatic rings. The molecule has 0 aliphatic carbocycles. The molecule has 1 aromatic heterocycles. The summed E-state index contributed by atoms with van der Waals surface area (Å²) in [5.74, 6) is 2.50. The fraction of sp³-hybridized carbons (Fsp3) is 0.615. The fourth-order valence-electron chi connectivity index (χ4n) is 1.42. The number of carbonyl (C=O) groups is 1. The van der Waals surface area contributed by atoms with Crippen LogP contribution in [0.15, 0.2) is 12.4 Å². The maximum Gasteiger partial charge on any atom is 0.271 e. The summed E-state index contributed by atoms with van der Waals surface area (Å²) in [4.78, 5) is 20.2. The molecule has 5 nitrogen and oxygen atoms in total. The Morgan fingerprint density at radius 3 is 2.74 bits per heavy atom. The van der Waals surface area contributed by atoms with Crippen LogP contribution in [-0.2, 0) is 0 Å². The molecule has 0 aliphatic heterocycles. The molecule has 1 rings (SSSR count). The van der Waals surface area contributed by atoms with Crippen LogP contribution in [0.5, 0.6) is 0 Å². The van der Waals surface area contributed by atoms with Gasteiger partial charge < -0.3 is 10.6 Å². The Labute approximate surface area is 119 Å². The van der Waals surface area contributed by atoms with Gasteiger partial charge in [0.05, 0.1) is 12.4 Å². The molecule has 2 N–H and O–H groups in total. The quantitative estimate of drug-likeness (QED) is 0.765. The van der Waals surface area contributed by atoms with Gasteiger partial charge in [0.25, 0.3) is 5.91 Å². The van der Waals surface area contributed by atoms with Gasteiger partial charge in [0.1, 0.15) is 11.5 Å². The molecule has 1 heterocycles. The Bertz CT molecular complexity index is 383. The molecule has 0 fully saturated rings. The lowest BCUT2D eigenvalue weighted by atomic mass is 10.3. The first kappa shape index (κ1) is 15.8. The van der Waals surface area contributed by atoms with Crippen LogP contribution in [0.3, 0.4) is 0 Å². The van der Waals surface area contributed by atoms with Crippen LogP contribution in [0.4, 0.5) is 5.82 Å². The van der Waals surface area contributed by atoms with E-state index in [0.717, 1.165) is 24.5 Å². The first-order valence-corrected chi connectivity index (χ1v) is 7.77. The van der Waals surface area contributed by atoms with E-state index in [2.05, 4.69) is 34.4 Å². The molecule has 0 radical (unpaired) electrons. The SMILES string of the molecule is CCCNc1cnc(C(=O)NC(C)CSCC)cn1. The molecule has 1 amide bonds. The topological polar surface area (TPSA) is 66.9 Å². The lowest BCUT2D eigenvalue weighted by Gasteiger charge is -2.12. The summed E-state index contributed by atoms with van der Waals surface area (Å²) in [6.07, 6.45) is 4.12. The van der Waals surface area contributed by atoms with Gasteiger partial charge in [0, 0.05) is 18.3 Å². The van der Waals surface area contributed by atoms with Gasteiger partial charge in [-0.2, -0.15) is 11.8 Å². The van der Waals surface area contributed by atoms with Crippen molar-refractivity contribution in [3.05, 3.63) is 18.1 Å². The molecular formula is C13H22N4OS. The average molecular weight is 282 g/mol. The van der Waals surface area contributed by atoms with Crippen LogP contribution < -0.4 is 10.6 Å². The van der Waals surface area contributed by atoms with Crippen molar-refractivity contribution in [2.75, 3.05) is 23.4 Å². The van der Waals surface area contributed by atoms with E-state index in [9.17, 15) is 4.79 Å². The summed E-state index contributed by atoms with van der Waals surface area (Å²) in [7, 11) is 0. The summed E-state index contributed by atoms with van der Waals surface area (Å²) in [5, 5.41) is 6.03. The van der Waals surface area contributed by atoms with E-state index in [1.165, 1.54) is 6.20 Å². The Morgan fingerprint density at radius 2 is 2.16 bits per heavy atom. The van der Waals surface area contributed by atoms with Gasteiger partial charge in [-0.3, -0.25) is 4.79 Å². The Kier molecular flexibility index (Phi) is 7.25. The second-order valence-electron chi connectivity index (χ2n) is 4.25. The number of anilines is 1. The first-order valence-electron chi connectivity index (χ1n) is 6.61. The third-order valence-corrected chi connectivity index (χ3v) is 3.53. The first-order chi connectivity index (χ1) is 9.17. The lowest BCUT2D eigenvalue weighted by Crippen LogP contribution is -2.34. The predicted octanol–water partition coefficient (Wildman–Crippen LogP) is 2.17. The highest BCUT2D eigenvalue weighted by molar-refractivity contribution is 7.99. The Balaban J connectivity index is 2.48. The number of hydrogen-bond donors (Lipinski definition) is 2. The number of nitrogens with zero attached hydrogens (tertiary/aromatic N) is 2. The Morgan fingerprint density at radius 1 is 1.37 bits per heavy atom. The van der Waals surface area contributed by atoms with E-state index < -0.39 is 0 Å². The van der Waals surface area contributed by atoms with E-state index in [-0.39, 0.29) is 11.9 Å². The van der Waals surface area contributed by atoms with Crippen LogP contribution >= 0.6 is 11.8 Å². The van der Waals surface area contributed by atoms with Crippen LogP contribution in [0.1, 0.15) is 37.7 Å². The van der Waals surface area contributed by atoms with Gasteiger partial charge in [-0.1, -0.05) is 13.8 Å². The fourth-order valence-corrected chi connectivity index (χ4v) is 2.10. The summed E-state index contributed by atoms with van der Waals surface area (Å²) in [5.41, 5.74) is 0.357. The normalized spacial score (nSPS) is 11.9. The Hall–Kier alpha value is -1.30. The second-order valence-corrected chi connectivity index (χ2v) is 5.57. The molecule has 19 heavy (non-hydrogen) atoms. The average Bonchev–Trinajstić information content (AvgIpc) is 2.43. The van der Waals surface area contributed by atoms with Crippen LogP contribution in [0.2, 0.25) is 0 Å². The highest BCUT2D eigenvalue weighted by atomic mass is 32.2. The highest BCUT2D eigenvalue weighted by Gasteiger charge is 2.11. The maximum absolute atomic E-state index is 11.9. The number of thioether (sulfide) groups is 1. The number of nitrogens with one attached hydrogen (secondary N) is 2. The van der Waals surface area contributed by atoms with Gasteiger partial charge in [0.2, 0.25) is 0 Å². The minimum atomic E-state index is -0.168. The summed E-state index contributed by atoms with van der Waals surface area (Å²) in [6, 6.07) is 0.136. The molecule has 1 unspecified atom stereocenters. The monoisotopic (exact) mass is 282 g/mol. The zero-order valence-corrected chi connectivity index (χ0v) is 12.6. The molecule has 0 aromatic carbocycles. The van der Waals surface area contributed by atoms with Gasteiger partial charge in [-0.05, 0) is 19.1 Å². The van der Waals surface area contributed by atoms with Gasteiger partial charge in [-0.25, -0.2) is 9.97 Å². The van der Waals surface area contributed by atoms with E-state index >= 15 is 0 Å². The number of carbonyl (C=O) groups excluding carboxylic acids is 1. The van der Waals surface area contributed by atoms with E-state index in [4.69, 9.17) is 0 Å². The van der Waals surface area contributed by atoms with Crippen molar-refractivity contribution in [3.63, 3.8) is 0 Å². The minimum absolute atomic E-state index is 0.136.